The SMILES string of the molecule is CC(C)n1nc(N2CCN(c3ncc(C(F)(F)F)cc3F)CC2)ccc1=O. The van der Waals surface area contributed by atoms with Gasteiger partial charge in [-0.25, -0.2) is 14.1 Å². The van der Waals surface area contributed by atoms with Crippen molar-refractivity contribution < 1.29 is 17.6 Å². The van der Waals surface area contributed by atoms with Gasteiger partial charge in [0.05, 0.1) is 11.6 Å². The Labute approximate surface area is 153 Å². The molecular weight excluding hydrogens is 366 g/mol. The normalized spacial score (nSPS) is 15.5. The molecular formula is C17H19F4N5O. The molecule has 0 spiro atoms. The Morgan fingerprint density at radius 3 is 2.26 bits per heavy atom. The molecule has 1 aliphatic rings. The van der Waals surface area contributed by atoms with Crippen molar-refractivity contribution in [3.05, 3.63) is 46.1 Å². The van der Waals surface area contributed by atoms with Crippen molar-refractivity contribution in [1.29, 1.82) is 0 Å². The molecule has 27 heavy (non-hydrogen) atoms. The Kier molecular flexibility index (Phi) is 5.07. The van der Waals surface area contributed by atoms with Gasteiger partial charge in [0.25, 0.3) is 5.56 Å². The third-order valence-corrected chi connectivity index (χ3v) is 4.35. The molecule has 3 heterocycles. The molecule has 6 nitrogen and oxygen atoms in total. The molecule has 3 rings (SSSR count). The van der Waals surface area contributed by atoms with E-state index in [0.29, 0.717) is 44.3 Å². The molecule has 0 aromatic carbocycles. The van der Waals surface area contributed by atoms with Crippen molar-refractivity contribution in [2.45, 2.75) is 26.1 Å². The van der Waals surface area contributed by atoms with E-state index < -0.39 is 17.6 Å². The maximum atomic E-state index is 14.1. The first kappa shape index (κ1) is 19.1. The highest BCUT2D eigenvalue weighted by Crippen LogP contribution is 2.31. The number of nitrogens with zero attached hydrogens (tertiary/aromatic N) is 5. The Balaban J connectivity index is 1.73. The van der Waals surface area contributed by atoms with Gasteiger partial charge in [-0.3, -0.25) is 4.79 Å². The fourth-order valence-corrected chi connectivity index (χ4v) is 2.92. The number of piperazine rings is 1. The molecule has 1 aliphatic heterocycles. The lowest BCUT2D eigenvalue weighted by atomic mass is 10.2. The Morgan fingerprint density at radius 2 is 1.70 bits per heavy atom. The van der Waals surface area contributed by atoms with Crippen LogP contribution in [-0.4, -0.2) is 40.9 Å². The third-order valence-electron chi connectivity index (χ3n) is 4.35. The monoisotopic (exact) mass is 385 g/mol. The van der Waals surface area contributed by atoms with Crippen LogP contribution in [0.4, 0.5) is 29.2 Å². The van der Waals surface area contributed by atoms with Crippen molar-refractivity contribution in [2.24, 2.45) is 0 Å². The predicted octanol–water partition coefficient (Wildman–Crippen LogP) is 2.70. The fraction of sp³-hybridized carbons (Fsp3) is 0.471. The summed E-state index contributed by atoms with van der Waals surface area (Å²) in [4.78, 5) is 19.0. The highest BCUT2D eigenvalue weighted by atomic mass is 19.4. The number of alkyl halides is 3. The molecule has 0 saturated carbocycles. The Hall–Kier alpha value is -2.65. The van der Waals surface area contributed by atoms with E-state index in [2.05, 4.69) is 10.1 Å². The van der Waals surface area contributed by atoms with E-state index >= 15 is 0 Å². The minimum absolute atomic E-state index is 0.0795. The quantitative estimate of drug-likeness (QED) is 0.761. The average Bonchev–Trinajstić information content (AvgIpc) is 2.61. The number of aromatic nitrogens is 3. The van der Waals surface area contributed by atoms with Gasteiger partial charge < -0.3 is 9.80 Å². The summed E-state index contributed by atoms with van der Waals surface area (Å²) in [7, 11) is 0. The Bertz CT molecular complexity index is 872. The maximum Gasteiger partial charge on any atom is 0.417 e. The molecule has 0 radical (unpaired) electrons. The minimum atomic E-state index is -4.63. The third kappa shape index (κ3) is 4.04. The number of hydrogen-bond acceptors (Lipinski definition) is 5. The van der Waals surface area contributed by atoms with Crippen LogP contribution in [0.15, 0.2) is 29.2 Å². The van der Waals surface area contributed by atoms with Gasteiger partial charge in [0.15, 0.2) is 11.6 Å². The first-order chi connectivity index (χ1) is 12.7. The second-order valence-corrected chi connectivity index (χ2v) is 6.57. The summed E-state index contributed by atoms with van der Waals surface area (Å²) in [6, 6.07) is 3.47. The summed E-state index contributed by atoms with van der Waals surface area (Å²) in [6.45, 7) is 5.41. The average molecular weight is 385 g/mol. The molecule has 0 atom stereocenters. The van der Waals surface area contributed by atoms with Crippen molar-refractivity contribution in [3.63, 3.8) is 0 Å². The van der Waals surface area contributed by atoms with E-state index in [1.165, 1.54) is 10.7 Å². The van der Waals surface area contributed by atoms with Crippen molar-refractivity contribution >= 4 is 11.6 Å². The summed E-state index contributed by atoms with van der Waals surface area (Å²) in [6.07, 6.45) is -3.98. The van der Waals surface area contributed by atoms with Crippen LogP contribution < -0.4 is 15.4 Å². The van der Waals surface area contributed by atoms with Gasteiger partial charge in [-0.1, -0.05) is 0 Å². The van der Waals surface area contributed by atoms with Crippen LogP contribution in [0.1, 0.15) is 25.5 Å². The fourth-order valence-electron chi connectivity index (χ4n) is 2.92. The van der Waals surface area contributed by atoms with Gasteiger partial charge in [0, 0.05) is 38.4 Å². The first-order valence-corrected chi connectivity index (χ1v) is 8.49. The molecule has 2 aromatic heterocycles. The van der Waals surface area contributed by atoms with Crippen LogP contribution >= 0.6 is 0 Å². The summed E-state index contributed by atoms with van der Waals surface area (Å²) in [5.74, 6) is -0.462. The smallest absolute Gasteiger partial charge is 0.352 e. The highest BCUT2D eigenvalue weighted by Gasteiger charge is 2.32. The van der Waals surface area contributed by atoms with Gasteiger partial charge in [-0.2, -0.15) is 18.3 Å². The topological polar surface area (TPSA) is 54.3 Å². The van der Waals surface area contributed by atoms with Crippen LogP contribution in [-0.2, 0) is 6.18 Å². The zero-order valence-corrected chi connectivity index (χ0v) is 14.9. The molecule has 0 aliphatic carbocycles. The van der Waals surface area contributed by atoms with E-state index in [4.69, 9.17) is 0 Å². The zero-order valence-electron chi connectivity index (χ0n) is 14.9. The molecule has 10 heteroatoms. The summed E-state index contributed by atoms with van der Waals surface area (Å²) >= 11 is 0. The van der Waals surface area contributed by atoms with Gasteiger partial charge in [-0.15, -0.1) is 0 Å². The van der Waals surface area contributed by atoms with Crippen LogP contribution in [0, 0.1) is 5.82 Å². The maximum absolute atomic E-state index is 14.1. The van der Waals surface area contributed by atoms with Crippen LogP contribution in [0.25, 0.3) is 0 Å². The largest absolute Gasteiger partial charge is 0.417 e. The predicted molar refractivity (Wildman–Crippen MR) is 92.5 cm³/mol. The van der Waals surface area contributed by atoms with Crippen molar-refractivity contribution in [3.8, 4) is 0 Å². The lowest BCUT2D eigenvalue weighted by molar-refractivity contribution is -0.138. The number of hydrogen-bond donors (Lipinski definition) is 0. The first-order valence-electron chi connectivity index (χ1n) is 8.49. The number of rotatable bonds is 3. The van der Waals surface area contributed by atoms with Gasteiger partial charge in [-0.05, 0) is 26.0 Å². The number of pyridine rings is 1. The van der Waals surface area contributed by atoms with Crippen LogP contribution in [0.2, 0.25) is 0 Å². The second-order valence-electron chi connectivity index (χ2n) is 6.57. The van der Waals surface area contributed by atoms with Crippen LogP contribution in [0.5, 0.6) is 0 Å². The van der Waals surface area contributed by atoms with E-state index in [0.717, 1.165) is 0 Å². The lowest BCUT2D eigenvalue weighted by Gasteiger charge is -2.36. The molecule has 2 aromatic rings. The molecule has 146 valence electrons. The summed E-state index contributed by atoms with van der Waals surface area (Å²) in [5, 5.41) is 4.35. The molecule has 0 N–H and O–H groups in total. The Morgan fingerprint density at radius 1 is 1.07 bits per heavy atom. The highest BCUT2D eigenvalue weighted by molar-refractivity contribution is 5.46. The molecule has 1 fully saturated rings. The second kappa shape index (κ2) is 7.16. The standard InChI is InChI=1S/C17H19F4N5O/c1-11(2)26-15(27)4-3-14(23-26)24-5-7-25(8-6-24)16-13(18)9-12(10-22-16)17(19,20)21/h3-4,9-11H,5-8H2,1-2H3. The number of anilines is 2. The van der Waals surface area contributed by atoms with Crippen molar-refractivity contribution in [1.82, 2.24) is 14.8 Å². The molecule has 0 amide bonds. The van der Waals surface area contributed by atoms with E-state index in [1.807, 2.05) is 18.7 Å². The van der Waals surface area contributed by atoms with Gasteiger partial charge >= 0.3 is 6.18 Å². The van der Waals surface area contributed by atoms with E-state index in [9.17, 15) is 22.4 Å². The van der Waals surface area contributed by atoms with Gasteiger partial charge in [0.2, 0.25) is 0 Å². The molecule has 1 saturated heterocycles. The lowest BCUT2D eigenvalue weighted by Crippen LogP contribution is -2.48. The molecule has 0 bridgehead atoms. The summed E-state index contributed by atoms with van der Waals surface area (Å²) < 4.78 is 53.4. The minimum Gasteiger partial charge on any atom is -0.352 e. The van der Waals surface area contributed by atoms with E-state index in [1.54, 1.807) is 11.0 Å². The molecule has 0 unspecified atom stereocenters. The summed E-state index contributed by atoms with van der Waals surface area (Å²) in [5.41, 5.74) is -1.30. The van der Waals surface area contributed by atoms with E-state index in [-0.39, 0.29) is 17.4 Å². The van der Waals surface area contributed by atoms with Crippen molar-refractivity contribution in [2.75, 3.05) is 36.0 Å². The van der Waals surface area contributed by atoms with Crippen LogP contribution in [0.3, 0.4) is 0 Å². The zero-order chi connectivity index (χ0) is 19.8. The van der Waals surface area contributed by atoms with Gasteiger partial charge in [0.1, 0.15) is 5.82 Å². The number of halogens is 4.